The molecule has 0 saturated carbocycles. The number of hydrogen-bond donors (Lipinski definition) is 0. The molecule has 3 rings (SSSR count). The van der Waals surface area contributed by atoms with E-state index in [1.807, 2.05) is 37.3 Å². The Morgan fingerprint density at radius 1 is 1.27 bits per heavy atom. The molecule has 1 aromatic rings. The van der Waals surface area contributed by atoms with Gasteiger partial charge < -0.3 is 4.74 Å². The van der Waals surface area contributed by atoms with Crippen LogP contribution in [0.15, 0.2) is 54.1 Å². The van der Waals surface area contributed by atoms with Crippen molar-refractivity contribution in [3.05, 3.63) is 59.7 Å². The van der Waals surface area contributed by atoms with Crippen LogP contribution in [0.1, 0.15) is 31.2 Å². The molecule has 1 aliphatic carbocycles. The lowest BCUT2D eigenvalue weighted by molar-refractivity contribution is -0.130. The zero-order valence-corrected chi connectivity index (χ0v) is 12.6. The summed E-state index contributed by atoms with van der Waals surface area (Å²) < 4.78 is 5.14. The lowest BCUT2D eigenvalue weighted by atomic mass is 9.95. The summed E-state index contributed by atoms with van der Waals surface area (Å²) in [5.41, 5.74) is 1.99. The molecule has 2 aliphatic rings. The molecule has 0 aromatic heterocycles. The number of allylic oxidation sites excluding steroid dienone is 3. The fourth-order valence-electron chi connectivity index (χ4n) is 2.92. The van der Waals surface area contributed by atoms with Gasteiger partial charge in [0.25, 0.3) is 0 Å². The summed E-state index contributed by atoms with van der Waals surface area (Å²) >= 11 is 0. The number of nitrogens with zero attached hydrogens (tertiary/aromatic N) is 1. The summed E-state index contributed by atoms with van der Waals surface area (Å²) in [5.74, 6) is -0.566. The van der Waals surface area contributed by atoms with Crippen LogP contribution >= 0.6 is 0 Å². The van der Waals surface area contributed by atoms with Crippen LogP contribution in [0.2, 0.25) is 0 Å². The van der Waals surface area contributed by atoms with Gasteiger partial charge in [0.15, 0.2) is 0 Å². The zero-order chi connectivity index (χ0) is 15.5. The molecule has 0 bridgehead atoms. The predicted octanol–water partition coefficient (Wildman–Crippen LogP) is 3.41. The Hall–Kier alpha value is -2.36. The van der Waals surface area contributed by atoms with E-state index in [2.05, 4.69) is 18.2 Å². The Bertz CT molecular complexity index is 633. The summed E-state index contributed by atoms with van der Waals surface area (Å²) in [7, 11) is 0. The van der Waals surface area contributed by atoms with E-state index in [1.165, 1.54) is 4.90 Å². The number of rotatable bonds is 3. The molecule has 1 saturated heterocycles. The van der Waals surface area contributed by atoms with Crippen LogP contribution in [-0.4, -0.2) is 29.5 Å². The lowest BCUT2D eigenvalue weighted by Crippen LogP contribution is -2.42. The molecule has 1 heterocycles. The number of ether oxygens (including phenoxy) is 1. The number of carbonyl (C=O) groups is 2. The van der Waals surface area contributed by atoms with E-state index in [1.54, 1.807) is 0 Å². The van der Waals surface area contributed by atoms with E-state index >= 15 is 0 Å². The second-order valence-corrected chi connectivity index (χ2v) is 5.62. The fraction of sp³-hybridized carbons (Fsp3) is 0.333. The van der Waals surface area contributed by atoms with Gasteiger partial charge in [-0.2, -0.15) is 0 Å². The fourth-order valence-corrected chi connectivity index (χ4v) is 2.92. The predicted molar refractivity (Wildman–Crippen MR) is 83.3 cm³/mol. The summed E-state index contributed by atoms with van der Waals surface area (Å²) in [4.78, 5) is 26.1. The highest BCUT2D eigenvalue weighted by Crippen LogP contribution is 2.28. The summed E-state index contributed by atoms with van der Waals surface area (Å²) in [5, 5.41) is 0. The first-order valence-electron chi connectivity index (χ1n) is 7.57. The molecule has 0 radical (unpaired) electrons. The third-order valence-corrected chi connectivity index (χ3v) is 4.24. The quantitative estimate of drug-likeness (QED) is 0.803. The summed E-state index contributed by atoms with van der Waals surface area (Å²) in [6, 6.07) is 9.24. The zero-order valence-electron chi connectivity index (χ0n) is 12.6. The van der Waals surface area contributed by atoms with Crippen molar-refractivity contribution in [2.75, 3.05) is 6.61 Å². The van der Waals surface area contributed by atoms with Crippen LogP contribution in [0.25, 0.3) is 0 Å². The van der Waals surface area contributed by atoms with Gasteiger partial charge in [-0.1, -0.05) is 48.6 Å². The Labute approximate surface area is 130 Å². The standard InChI is InChI=1S/C18H19NO3/c1-13(14-8-4-2-5-9-14)17(20)19-16(12-22-18(19)21)15-10-6-3-7-11-15/h2-6,8-9,11,13,16H,7,10,12H2,1H3/t13-,16-/m0/s1. The van der Waals surface area contributed by atoms with Crippen molar-refractivity contribution in [2.24, 2.45) is 0 Å². The van der Waals surface area contributed by atoms with E-state index in [-0.39, 0.29) is 24.5 Å². The van der Waals surface area contributed by atoms with Crippen LogP contribution < -0.4 is 0 Å². The minimum absolute atomic E-state index is 0.200. The molecule has 0 N–H and O–H groups in total. The van der Waals surface area contributed by atoms with Crippen molar-refractivity contribution in [1.29, 1.82) is 0 Å². The molecule has 2 atom stereocenters. The van der Waals surface area contributed by atoms with Crippen LogP contribution in [0.5, 0.6) is 0 Å². The maximum Gasteiger partial charge on any atom is 0.417 e. The lowest BCUT2D eigenvalue weighted by Gasteiger charge is -2.25. The highest BCUT2D eigenvalue weighted by Gasteiger charge is 2.41. The van der Waals surface area contributed by atoms with Gasteiger partial charge in [-0.25, -0.2) is 9.69 Å². The molecule has 2 amide bonds. The number of amides is 2. The Morgan fingerprint density at radius 2 is 2.05 bits per heavy atom. The number of benzene rings is 1. The molecule has 0 unspecified atom stereocenters. The highest BCUT2D eigenvalue weighted by atomic mass is 16.6. The number of carbonyl (C=O) groups excluding carboxylic acids is 2. The van der Waals surface area contributed by atoms with Gasteiger partial charge in [-0.05, 0) is 30.9 Å². The van der Waals surface area contributed by atoms with Crippen LogP contribution in [0.4, 0.5) is 4.79 Å². The SMILES string of the molecule is C[C@H](C(=O)N1C(=O)OC[C@H]1C1=CCC=CC1)c1ccccc1. The third-order valence-electron chi connectivity index (χ3n) is 4.24. The second kappa shape index (κ2) is 6.18. The van der Waals surface area contributed by atoms with Gasteiger partial charge in [-0.15, -0.1) is 0 Å². The first-order valence-corrected chi connectivity index (χ1v) is 7.57. The van der Waals surface area contributed by atoms with Crippen molar-refractivity contribution in [3.8, 4) is 0 Å². The van der Waals surface area contributed by atoms with Crippen molar-refractivity contribution < 1.29 is 14.3 Å². The van der Waals surface area contributed by atoms with Crippen molar-refractivity contribution in [2.45, 2.75) is 31.7 Å². The average molecular weight is 297 g/mol. The minimum atomic E-state index is -0.534. The Kier molecular flexibility index (Phi) is 4.09. The molecular weight excluding hydrogens is 278 g/mol. The molecule has 22 heavy (non-hydrogen) atoms. The molecule has 1 aromatic carbocycles. The molecule has 1 fully saturated rings. The van der Waals surface area contributed by atoms with Gasteiger partial charge in [0.1, 0.15) is 6.61 Å². The first kappa shape index (κ1) is 14.6. The minimum Gasteiger partial charge on any atom is -0.447 e. The van der Waals surface area contributed by atoms with Gasteiger partial charge in [0, 0.05) is 0 Å². The topological polar surface area (TPSA) is 46.6 Å². The number of imide groups is 1. The van der Waals surface area contributed by atoms with Gasteiger partial charge >= 0.3 is 6.09 Å². The van der Waals surface area contributed by atoms with E-state index < -0.39 is 6.09 Å². The van der Waals surface area contributed by atoms with Gasteiger partial charge in [0.2, 0.25) is 5.91 Å². The van der Waals surface area contributed by atoms with Gasteiger partial charge in [-0.3, -0.25) is 4.79 Å². The van der Waals surface area contributed by atoms with Crippen LogP contribution in [0, 0.1) is 0 Å². The van der Waals surface area contributed by atoms with E-state index in [9.17, 15) is 9.59 Å². The smallest absolute Gasteiger partial charge is 0.417 e. The number of cyclic esters (lactones) is 1. The van der Waals surface area contributed by atoms with E-state index in [0.29, 0.717) is 0 Å². The van der Waals surface area contributed by atoms with E-state index in [4.69, 9.17) is 4.74 Å². The normalized spacial score (nSPS) is 22.2. The Morgan fingerprint density at radius 3 is 2.73 bits per heavy atom. The maximum absolute atomic E-state index is 12.8. The molecule has 114 valence electrons. The molecule has 0 spiro atoms. The van der Waals surface area contributed by atoms with Gasteiger partial charge in [0.05, 0.1) is 12.0 Å². The van der Waals surface area contributed by atoms with Crippen molar-refractivity contribution >= 4 is 12.0 Å². The first-order chi connectivity index (χ1) is 10.7. The third kappa shape index (κ3) is 2.69. The Balaban J connectivity index is 1.82. The molecule has 4 nitrogen and oxygen atoms in total. The molecule has 4 heteroatoms. The van der Waals surface area contributed by atoms with Crippen LogP contribution in [0.3, 0.4) is 0 Å². The largest absolute Gasteiger partial charge is 0.447 e. The summed E-state index contributed by atoms with van der Waals surface area (Å²) in [6.45, 7) is 2.08. The highest BCUT2D eigenvalue weighted by molar-refractivity contribution is 5.97. The van der Waals surface area contributed by atoms with Crippen molar-refractivity contribution in [1.82, 2.24) is 4.90 Å². The maximum atomic E-state index is 12.8. The molecule has 1 aliphatic heterocycles. The number of hydrogen-bond acceptors (Lipinski definition) is 3. The average Bonchev–Trinajstić information content (AvgIpc) is 2.96. The second-order valence-electron chi connectivity index (χ2n) is 5.62. The summed E-state index contributed by atoms with van der Waals surface area (Å²) in [6.07, 6.45) is 7.32. The monoisotopic (exact) mass is 297 g/mol. The van der Waals surface area contributed by atoms with Crippen LogP contribution in [-0.2, 0) is 9.53 Å². The van der Waals surface area contributed by atoms with Crippen molar-refractivity contribution in [3.63, 3.8) is 0 Å². The van der Waals surface area contributed by atoms with E-state index in [0.717, 1.165) is 24.0 Å². The molecular formula is C18H19NO3.